The van der Waals surface area contributed by atoms with E-state index in [0.29, 0.717) is 12.7 Å². The number of rotatable bonds is 8. The van der Waals surface area contributed by atoms with E-state index in [0.717, 1.165) is 12.1 Å². The van der Waals surface area contributed by atoms with Gasteiger partial charge in [0.05, 0.1) is 11.0 Å². The molecule has 1 aromatic carbocycles. The van der Waals surface area contributed by atoms with E-state index in [1.54, 1.807) is 20.8 Å². The van der Waals surface area contributed by atoms with E-state index in [-0.39, 0.29) is 18.7 Å². The lowest BCUT2D eigenvalue weighted by atomic mass is 10.1. The van der Waals surface area contributed by atoms with Crippen molar-refractivity contribution in [2.45, 2.75) is 57.1 Å². The number of benzene rings is 1. The fraction of sp³-hybridized carbons (Fsp3) is 0.500. The fourth-order valence-corrected chi connectivity index (χ4v) is 4.50. The number of likely N-dealkylation sites (tertiary alicyclic amines) is 1. The van der Waals surface area contributed by atoms with E-state index < -0.39 is 67.6 Å². The van der Waals surface area contributed by atoms with Crippen LogP contribution in [0, 0.1) is 10.1 Å². The predicted molar refractivity (Wildman–Crippen MR) is 124 cm³/mol. The van der Waals surface area contributed by atoms with Crippen LogP contribution in [0.3, 0.4) is 0 Å². The van der Waals surface area contributed by atoms with E-state index in [2.05, 4.69) is 5.32 Å². The van der Waals surface area contributed by atoms with Crippen molar-refractivity contribution in [2.24, 2.45) is 0 Å². The van der Waals surface area contributed by atoms with Crippen molar-refractivity contribution in [3.05, 3.63) is 33.9 Å². The van der Waals surface area contributed by atoms with Crippen LogP contribution in [0.4, 0.5) is 16.2 Å². The van der Waals surface area contributed by atoms with Crippen molar-refractivity contribution in [3.63, 3.8) is 0 Å². The monoisotopic (exact) mass is 529 g/mol. The number of aldehydes is 1. The fourth-order valence-electron chi connectivity index (χ4n) is 3.58. The highest BCUT2D eigenvalue weighted by Gasteiger charge is 2.40. The Labute approximate surface area is 206 Å². The second-order valence-electron chi connectivity index (χ2n) is 8.83. The van der Waals surface area contributed by atoms with Crippen LogP contribution in [0.25, 0.3) is 0 Å². The molecular weight excluding hydrogens is 502 g/mol. The quantitative estimate of drug-likeness (QED) is 0.161. The molecule has 1 aliphatic heterocycles. The van der Waals surface area contributed by atoms with Crippen LogP contribution < -0.4 is 16.2 Å². The molecule has 2 rings (SSSR count). The summed E-state index contributed by atoms with van der Waals surface area (Å²) < 4.78 is 37.8. The number of carbonyl (C=O) groups is 4. The lowest BCUT2D eigenvalue weighted by molar-refractivity contribution is -0.385. The molecule has 2 atom stereocenters. The molecule has 15 nitrogen and oxygen atoms in total. The average Bonchev–Trinajstić information content (AvgIpc) is 3.23. The molecule has 0 bridgehead atoms. The van der Waals surface area contributed by atoms with E-state index in [1.807, 2.05) is 10.9 Å². The van der Waals surface area contributed by atoms with Gasteiger partial charge in [0.2, 0.25) is 5.91 Å². The van der Waals surface area contributed by atoms with Gasteiger partial charge in [-0.1, -0.05) is 0 Å². The number of nitrogens with one attached hydrogen (secondary N) is 3. The van der Waals surface area contributed by atoms with E-state index in [9.17, 15) is 42.3 Å². The van der Waals surface area contributed by atoms with E-state index in [1.165, 1.54) is 11.0 Å². The minimum Gasteiger partial charge on any atom is -0.443 e. The summed E-state index contributed by atoms with van der Waals surface area (Å²) in [6.07, 6.45) is -0.588. The number of carbonyl (C=O) groups excluding carboxylic acids is 4. The Morgan fingerprint density at radius 3 is 2.53 bits per heavy atom. The first-order valence-corrected chi connectivity index (χ1v) is 12.2. The summed E-state index contributed by atoms with van der Waals surface area (Å²) in [5.74, 6) is -1.73. The first-order valence-electron chi connectivity index (χ1n) is 10.7. The van der Waals surface area contributed by atoms with E-state index in [4.69, 9.17) is 4.74 Å². The number of amides is 3. The molecule has 0 spiro atoms. The van der Waals surface area contributed by atoms with Gasteiger partial charge in [0, 0.05) is 24.7 Å². The Morgan fingerprint density at radius 2 is 1.97 bits per heavy atom. The van der Waals surface area contributed by atoms with Gasteiger partial charge >= 0.3 is 6.09 Å². The van der Waals surface area contributed by atoms with Crippen molar-refractivity contribution in [3.8, 4) is 0 Å². The highest BCUT2D eigenvalue weighted by atomic mass is 32.2. The molecule has 16 heteroatoms. The van der Waals surface area contributed by atoms with Gasteiger partial charge in [0.15, 0.2) is 0 Å². The van der Waals surface area contributed by atoms with Gasteiger partial charge in [-0.3, -0.25) is 34.6 Å². The number of nitro benzene ring substituents is 1. The van der Waals surface area contributed by atoms with Crippen LogP contribution in [0.1, 0.15) is 50.4 Å². The molecule has 1 unspecified atom stereocenters. The Bertz CT molecular complexity index is 1150. The van der Waals surface area contributed by atoms with Crippen molar-refractivity contribution >= 4 is 45.7 Å². The number of anilines is 1. The third-order valence-corrected chi connectivity index (χ3v) is 6.14. The highest BCUT2D eigenvalue weighted by Crippen LogP contribution is 2.27. The van der Waals surface area contributed by atoms with Gasteiger partial charge in [-0.05, 0) is 45.7 Å². The predicted octanol–water partition coefficient (Wildman–Crippen LogP) is 0.970. The van der Waals surface area contributed by atoms with Crippen LogP contribution in [0.5, 0.6) is 0 Å². The van der Waals surface area contributed by atoms with Gasteiger partial charge in [0.1, 0.15) is 22.8 Å². The summed E-state index contributed by atoms with van der Waals surface area (Å²) in [4.78, 5) is 59.6. The number of ether oxygens (including phenoxy) is 1. The number of hydrazine groups is 1. The van der Waals surface area contributed by atoms with Gasteiger partial charge in [-0.2, -0.15) is 8.42 Å². The number of hydrogen-bond donors (Lipinski definition) is 4. The summed E-state index contributed by atoms with van der Waals surface area (Å²) in [6, 6.07) is 2.15. The summed E-state index contributed by atoms with van der Waals surface area (Å²) in [7, 11) is -4.66. The number of nitro groups is 1. The maximum atomic E-state index is 12.8. The molecule has 1 aromatic rings. The third-order valence-electron chi connectivity index (χ3n) is 4.99. The van der Waals surface area contributed by atoms with Crippen molar-refractivity contribution in [1.29, 1.82) is 0 Å². The molecule has 1 heterocycles. The van der Waals surface area contributed by atoms with Crippen LogP contribution >= 0.6 is 0 Å². The molecular formula is C20H27N5O10S. The maximum absolute atomic E-state index is 12.8. The van der Waals surface area contributed by atoms with Crippen molar-refractivity contribution in [1.82, 2.24) is 15.8 Å². The minimum absolute atomic E-state index is 0.0611. The second-order valence-corrected chi connectivity index (χ2v) is 10.4. The van der Waals surface area contributed by atoms with Gasteiger partial charge in [0.25, 0.3) is 21.7 Å². The lowest BCUT2D eigenvalue weighted by Gasteiger charge is -2.29. The molecule has 0 saturated carbocycles. The Balaban J connectivity index is 2.18. The zero-order chi connectivity index (χ0) is 27.3. The lowest BCUT2D eigenvalue weighted by Crippen LogP contribution is -2.48. The molecule has 1 fully saturated rings. The highest BCUT2D eigenvalue weighted by molar-refractivity contribution is 7.86. The molecule has 198 valence electrons. The van der Waals surface area contributed by atoms with Gasteiger partial charge in [-0.15, -0.1) is 0 Å². The zero-order valence-electron chi connectivity index (χ0n) is 19.7. The van der Waals surface area contributed by atoms with Crippen LogP contribution in [-0.2, 0) is 24.4 Å². The molecule has 0 radical (unpaired) electrons. The molecule has 0 aliphatic carbocycles. The normalized spacial score (nSPS) is 17.1. The van der Waals surface area contributed by atoms with E-state index >= 15 is 0 Å². The largest absolute Gasteiger partial charge is 0.443 e. The smallest absolute Gasteiger partial charge is 0.426 e. The standard InChI is InChI=1S/C20H27N5O10S/c1-20(2,3)35-19(29)23-22-17(27)13-7-6-12(11-15(13)25(30)31)21-18(28)14-5-4-9-24(14)16(8-10-26)36(32,33)34/h6-7,10-11,14,16H,4-5,8-9H2,1-3H3,(H,21,28)(H,22,27)(H,23,29)(H,32,33,34)/t14?,16-/m0/s1. The topological polar surface area (TPSA) is 214 Å². The second kappa shape index (κ2) is 11.4. The van der Waals surface area contributed by atoms with Gasteiger partial charge in [-0.25, -0.2) is 10.2 Å². The summed E-state index contributed by atoms with van der Waals surface area (Å²) in [5.41, 5.74) is 1.96. The average molecular weight is 530 g/mol. The zero-order valence-corrected chi connectivity index (χ0v) is 20.5. The summed E-state index contributed by atoms with van der Waals surface area (Å²) in [6.45, 7) is 4.92. The molecule has 3 amide bonds. The molecule has 4 N–H and O–H groups in total. The van der Waals surface area contributed by atoms with Crippen molar-refractivity contribution in [2.75, 3.05) is 11.9 Å². The summed E-state index contributed by atoms with van der Waals surface area (Å²) in [5, 5.41) is 12.4. The molecule has 0 aromatic heterocycles. The molecule has 1 aliphatic rings. The number of nitrogens with zero attached hydrogens (tertiary/aromatic N) is 2. The van der Waals surface area contributed by atoms with Crippen molar-refractivity contribution < 1.29 is 41.8 Å². The molecule has 1 saturated heterocycles. The first-order chi connectivity index (χ1) is 16.6. The summed E-state index contributed by atoms with van der Waals surface area (Å²) >= 11 is 0. The van der Waals surface area contributed by atoms with Gasteiger partial charge < -0.3 is 14.8 Å². The Kier molecular flexibility index (Phi) is 9.06. The van der Waals surface area contributed by atoms with Crippen LogP contribution in [-0.4, -0.2) is 70.5 Å². The SMILES string of the molecule is CC(C)(C)OC(=O)NNC(=O)c1ccc(NC(=O)C2CCCN2[C@H](CC=O)S(=O)(=O)O)cc1[N+](=O)[O-]. The maximum Gasteiger partial charge on any atom is 0.426 e. The van der Waals surface area contributed by atoms with Crippen LogP contribution in [0.15, 0.2) is 18.2 Å². The Morgan fingerprint density at radius 1 is 1.31 bits per heavy atom. The number of hydrogen-bond acceptors (Lipinski definition) is 10. The minimum atomic E-state index is -4.66. The third kappa shape index (κ3) is 7.69. The first kappa shape index (κ1) is 28.6. The molecule has 36 heavy (non-hydrogen) atoms. The van der Waals surface area contributed by atoms with Crippen LogP contribution in [0.2, 0.25) is 0 Å². The Hall–Kier alpha value is -3.63.